The molecular formula is C19H31NO. The Labute approximate surface area is 129 Å². The summed E-state index contributed by atoms with van der Waals surface area (Å²) in [6.07, 6.45) is 9.84. The number of ketones is 1. The molecule has 0 amide bonds. The van der Waals surface area contributed by atoms with Crippen molar-refractivity contribution in [3.8, 4) is 0 Å². The van der Waals surface area contributed by atoms with E-state index in [1.54, 1.807) is 0 Å². The average Bonchev–Trinajstić information content (AvgIpc) is 2.32. The topological polar surface area (TPSA) is 40.9 Å². The van der Waals surface area contributed by atoms with Crippen molar-refractivity contribution in [3.05, 3.63) is 0 Å². The van der Waals surface area contributed by atoms with Crippen LogP contribution >= 0.6 is 0 Å². The zero-order valence-electron chi connectivity index (χ0n) is 14.0. The summed E-state index contributed by atoms with van der Waals surface area (Å²) >= 11 is 0. The molecule has 0 saturated heterocycles. The van der Waals surface area contributed by atoms with Crippen LogP contribution in [0.2, 0.25) is 0 Å². The molecule has 0 unspecified atom stereocenters. The summed E-state index contributed by atoms with van der Waals surface area (Å²) in [6.45, 7) is 6.51. The van der Waals surface area contributed by atoms with Gasteiger partial charge in [-0.15, -0.1) is 0 Å². The van der Waals surface area contributed by atoms with Crippen LogP contribution in [-0.4, -0.2) is 11.5 Å². The standard InChI is InChI=1S/C19H31NO/c1-18(2,3)12-16(20)4-5-17(21)19-9-13-6-14(10-19)8-15(7-13)11-19/h13-15,20H,4-12H2,1-3H3. The minimum atomic E-state index is 0.0385. The van der Waals surface area contributed by atoms with Crippen LogP contribution < -0.4 is 0 Å². The van der Waals surface area contributed by atoms with Crippen molar-refractivity contribution in [3.63, 3.8) is 0 Å². The third-order valence-electron chi connectivity index (χ3n) is 6.03. The third-order valence-corrected chi connectivity index (χ3v) is 6.03. The molecule has 0 heterocycles. The van der Waals surface area contributed by atoms with E-state index in [2.05, 4.69) is 20.8 Å². The van der Waals surface area contributed by atoms with Gasteiger partial charge < -0.3 is 5.41 Å². The van der Waals surface area contributed by atoms with Gasteiger partial charge in [0.15, 0.2) is 0 Å². The molecule has 4 fully saturated rings. The van der Waals surface area contributed by atoms with E-state index < -0.39 is 0 Å². The van der Waals surface area contributed by atoms with E-state index in [1.807, 2.05) is 0 Å². The van der Waals surface area contributed by atoms with Gasteiger partial charge in [0.2, 0.25) is 0 Å². The molecule has 4 bridgehead atoms. The minimum Gasteiger partial charge on any atom is -0.310 e. The second kappa shape index (κ2) is 5.21. The molecule has 4 aliphatic rings. The molecule has 118 valence electrons. The first kappa shape index (κ1) is 15.2. The Morgan fingerprint density at radius 2 is 1.48 bits per heavy atom. The first-order chi connectivity index (χ1) is 9.76. The summed E-state index contributed by atoms with van der Waals surface area (Å²) in [5.74, 6) is 3.03. The maximum Gasteiger partial charge on any atom is 0.139 e. The number of Topliss-reactive ketones (excluding diaryl/α,β-unsaturated/α-hetero) is 1. The van der Waals surface area contributed by atoms with E-state index in [0.717, 1.165) is 29.9 Å². The largest absolute Gasteiger partial charge is 0.310 e. The van der Waals surface area contributed by atoms with E-state index in [0.29, 0.717) is 18.6 Å². The van der Waals surface area contributed by atoms with Crippen LogP contribution in [0.15, 0.2) is 0 Å². The molecule has 4 saturated carbocycles. The molecule has 0 spiro atoms. The van der Waals surface area contributed by atoms with Crippen molar-refractivity contribution in [1.82, 2.24) is 0 Å². The predicted molar refractivity (Wildman–Crippen MR) is 86.6 cm³/mol. The van der Waals surface area contributed by atoms with E-state index in [1.165, 1.54) is 38.5 Å². The molecule has 21 heavy (non-hydrogen) atoms. The van der Waals surface area contributed by atoms with Crippen LogP contribution in [0.4, 0.5) is 0 Å². The molecule has 0 aromatic heterocycles. The Morgan fingerprint density at radius 3 is 1.90 bits per heavy atom. The fraction of sp³-hybridized carbons (Fsp3) is 0.895. The van der Waals surface area contributed by atoms with Crippen molar-refractivity contribution in [2.24, 2.45) is 28.6 Å². The van der Waals surface area contributed by atoms with Gasteiger partial charge in [-0.3, -0.25) is 4.79 Å². The fourth-order valence-corrected chi connectivity index (χ4v) is 5.71. The van der Waals surface area contributed by atoms with Crippen molar-refractivity contribution < 1.29 is 4.79 Å². The van der Waals surface area contributed by atoms with Gasteiger partial charge in [-0.2, -0.15) is 0 Å². The molecule has 0 atom stereocenters. The Bertz CT molecular complexity index is 408. The first-order valence-corrected chi connectivity index (χ1v) is 8.85. The highest BCUT2D eigenvalue weighted by molar-refractivity contribution is 5.90. The quantitative estimate of drug-likeness (QED) is 0.710. The Balaban J connectivity index is 1.57. The summed E-state index contributed by atoms with van der Waals surface area (Å²) in [6, 6.07) is 0. The maximum absolute atomic E-state index is 12.9. The Kier molecular flexibility index (Phi) is 3.78. The monoisotopic (exact) mass is 289 g/mol. The lowest BCUT2D eigenvalue weighted by Gasteiger charge is -2.56. The molecule has 4 aliphatic carbocycles. The molecule has 4 rings (SSSR count). The number of hydrogen-bond acceptors (Lipinski definition) is 2. The zero-order chi connectivity index (χ0) is 15.3. The molecule has 2 heteroatoms. The normalized spacial score (nSPS) is 37.8. The number of nitrogens with one attached hydrogen (secondary N) is 1. The van der Waals surface area contributed by atoms with Crippen LogP contribution in [-0.2, 0) is 4.79 Å². The molecule has 0 radical (unpaired) electrons. The van der Waals surface area contributed by atoms with E-state index in [4.69, 9.17) is 5.41 Å². The van der Waals surface area contributed by atoms with Crippen LogP contribution in [0.25, 0.3) is 0 Å². The highest BCUT2D eigenvalue weighted by atomic mass is 16.1. The summed E-state index contributed by atoms with van der Waals surface area (Å²) in [4.78, 5) is 12.9. The Morgan fingerprint density at radius 1 is 1.00 bits per heavy atom. The zero-order valence-corrected chi connectivity index (χ0v) is 14.0. The lowest BCUT2D eigenvalue weighted by Crippen LogP contribution is -2.50. The number of rotatable bonds is 5. The molecule has 2 nitrogen and oxygen atoms in total. The van der Waals surface area contributed by atoms with Gasteiger partial charge in [-0.25, -0.2) is 0 Å². The number of carbonyl (C=O) groups is 1. The van der Waals surface area contributed by atoms with Gasteiger partial charge in [0.05, 0.1) is 0 Å². The fourth-order valence-electron chi connectivity index (χ4n) is 5.71. The molecule has 1 N–H and O–H groups in total. The molecular weight excluding hydrogens is 258 g/mol. The highest BCUT2D eigenvalue weighted by Gasteiger charge is 2.53. The molecule has 0 aromatic rings. The number of carbonyl (C=O) groups excluding carboxylic acids is 1. The lowest BCUT2D eigenvalue weighted by atomic mass is 9.48. The maximum atomic E-state index is 12.9. The number of hydrogen-bond donors (Lipinski definition) is 1. The predicted octanol–water partition coefficient (Wildman–Crippen LogP) is 5.01. The molecule has 0 aliphatic heterocycles. The second-order valence-corrected chi connectivity index (χ2v) is 9.46. The van der Waals surface area contributed by atoms with E-state index in [9.17, 15) is 4.79 Å². The van der Waals surface area contributed by atoms with Crippen molar-refractivity contribution in [1.29, 1.82) is 5.41 Å². The van der Waals surface area contributed by atoms with Crippen LogP contribution in [0.5, 0.6) is 0 Å². The van der Waals surface area contributed by atoms with Crippen molar-refractivity contribution in [2.45, 2.75) is 78.6 Å². The van der Waals surface area contributed by atoms with Gasteiger partial charge in [0, 0.05) is 17.5 Å². The van der Waals surface area contributed by atoms with Crippen molar-refractivity contribution in [2.75, 3.05) is 0 Å². The summed E-state index contributed by atoms with van der Waals surface area (Å²) in [5, 5.41) is 8.12. The van der Waals surface area contributed by atoms with E-state index in [-0.39, 0.29) is 10.8 Å². The van der Waals surface area contributed by atoms with Crippen LogP contribution in [0.1, 0.15) is 78.6 Å². The van der Waals surface area contributed by atoms with E-state index >= 15 is 0 Å². The van der Waals surface area contributed by atoms with Crippen LogP contribution in [0, 0.1) is 34.0 Å². The smallest absolute Gasteiger partial charge is 0.139 e. The SMILES string of the molecule is CC(C)(C)CC(=N)CCC(=O)C12CC3CC(CC(C3)C1)C2. The highest BCUT2D eigenvalue weighted by Crippen LogP contribution is 2.60. The van der Waals surface area contributed by atoms with Gasteiger partial charge in [0.25, 0.3) is 0 Å². The summed E-state index contributed by atoms with van der Waals surface area (Å²) < 4.78 is 0. The second-order valence-electron chi connectivity index (χ2n) is 9.46. The Hall–Kier alpha value is -0.660. The summed E-state index contributed by atoms with van der Waals surface area (Å²) in [5.41, 5.74) is 0.970. The first-order valence-electron chi connectivity index (χ1n) is 8.85. The minimum absolute atomic E-state index is 0.0385. The molecule has 0 aromatic carbocycles. The van der Waals surface area contributed by atoms with Gasteiger partial charge in [-0.05, 0) is 74.5 Å². The van der Waals surface area contributed by atoms with Crippen LogP contribution in [0.3, 0.4) is 0 Å². The van der Waals surface area contributed by atoms with Crippen molar-refractivity contribution >= 4 is 11.5 Å². The van der Waals surface area contributed by atoms with Gasteiger partial charge in [-0.1, -0.05) is 20.8 Å². The third kappa shape index (κ3) is 3.24. The summed E-state index contributed by atoms with van der Waals surface area (Å²) in [7, 11) is 0. The van der Waals surface area contributed by atoms with Gasteiger partial charge >= 0.3 is 0 Å². The van der Waals surface area contributed by atoms with Gasteiger partial charge in [0.1, 0.15) is 5.78 Å². The lowest BCUT2D eigenvalue weighted by molar-refractivity contribution is -0.143. The average molecular weight is 289 g/mol.